The van der Waals surface area contributed by atoms with Crippen molar-refractivity contribution in [1.82, 2.24) is 10.3 Å². The number of amides is 1. The number of carbonyl (C=O) groups excluding carboxylic acids is 1. The number of nitrogens with one attached hydrogen (secondary N) is 1. The molecule has 0 aromatic carbocycles. The van der Waals surface area contributed by atoms with Crippen LogP contribution < -0.4 is 5.32 Å². The Hall–Kier alpha value is -2.26. The summed E-state index contributed by atoms with van der Waals surface area (Å²) in [5, 5.41) is 21.8. The largest absolute Gasteiger partial charge is 0.481 e. The van der Waals surface area contributed by atoms with Crippen LogP contribution in [0.4, 0.5) is 5.69 Å². The van der Waals surface area contributed by atoms with Gasteiger partial charge in [0.15, 0.2) is 0 Å². The molecule has 0 saturated heterocycles. The second-order valence-electron chi connectivity index (χ2n) is 3.95. The first kappa shape index (κ1) is 16.8. The number of carboxylic acids is 1. The maximum atomic E-state index is 11.9. The molecule has 1 unspecified atom stereocenters. The van der Waals surface area contributed by atoms with E-state index in [-0.39, 0.29) is 23.7 Å². The van der Waals surface area contributed by atoms with Crippen molar-refractivity contribution < 1.29 is 24.4 Å². The summed E-state index contributed by atoms with van der Waals surface area (Å²) in [6.07, 6.45) is -0.180. The first-order chi connectivity index (χ1) is 9.85. The molecule has 0 spiro atoms. The summed E-state index contributed by atoms with van der Waals surface area (Å²) in [5.41, 5.74) is -0.755. The molecule has 1 heterocycles. The minimum atomic E-state index is -1.09. The number of ether oxygens (including phenoxy) is 1. The molecule has 0 aliphatic carbocycles. The van der Waals surface area contributed by atoms with E-state index in [1.54, 1.807) is 0 Å². The van der Waals surface area contributed by atoms with Crippen molar-refractivity contribution in [3.05, 3.63) is 33.1 Å². The number of pyridine rings is 1. The number of aliphatic carboxylic acids is 1. The highest BCUT2D eigenvalue weighted by atomic mass is 35.5. The van der Waals surface area contributed by atoms with Gasteiger partial charge < -0.3 is 15.2 Å². The quantitative estimate of drug-likeness (QED) is 0.433. The number of carboxylic acid groups (broad SMARTS) is 1. The molecular weight excluding hydrogens is 306 g/mol. The van der Waals surface area contributed by atoms with E-state index in [1.807, 2.05) is 0 Å². The maximum Gasteiger partial charge on any atom is 0.306 e. The first-order valence-electron chi connectivity index (χ1n) is 5.67. The second-order valence-corrected chi connectivity index (χ2v) is 4.33. The van der Waals surface area contributed by atoms with E-state index in [2.05, 4.69) is 10.3 Å². The highest BCUT2D eigenvalue weighted by Gasteiger charge is 2.22. The maximum absolute atomic E-state index is 11.9. The topological polar surface area (TPSA) is 132 Å². The number of nitro groups is 1. The van der Waals surface area contributed by atoms with E-state index in [0.717, 1.165) is 12.3 Å². The van der Waals surface area contributed by atoms with Crippen molar-refractivity contribution in [2.75, 3.05) is 13.7 Å². The Balaban J connectivity index is 2.82. The lowest BCUT2D eigenvalue weighted by Crippen LogP contribution is -2.34. The van der Waals surface area contributed by atoms with Crippen LogP contribution in [-0.4, -0.2) is 46.6 Å². The van der Waals surface area contributed by atoms with E-state index in [4.69, 9.17) is 21.4 Å². The fourth-order valence-corrected chi connectivity index (χ4v) is 1.64. The van der Waals surface area contributed by atoms with Gasteiger partial charge in [-0.3, -0.25) is 19.7 Å². The molecule has 114 valence electrons. The lowest BCUT2D eigenvalue weighted by Gasteiger charge is -2.13. The Morgan fingerprint density at radius 1 is 1.62 bits per heavy atom. The molecular formula is C11H12ClN3O6. The first-order valence-corrected chi connectivity index (χ1v) is 6.05. The van der Waals surface area contributed by atoms with Crippen LogP contribution >= 0.6 is 11.6 Å². The Kier molecular flexibility index (Phi) is 6.00. The fraction of sp³-hybridized carbons (Fsp3) is 0.364. The van der Waals surface area contributed by atoms with E-state index in [9.17, 15) is 19.7 Å². The monoisotopic (exact) mass is 317 g/mol. The molecule has 1 aromatic heterocycles. The molecule has 2 N–H and O–H groups in total. The molecule has 0 fully saturated rings. The molecule has 9 nitrogen and oxygen atoms in total. The number of nitrogens with zero attached hydrogens (tertiary/aromatic N) is 2. The van der Waals surface area contributed by atoms with E-state index >= 15 is 0 Å². The van der Waals surface area contributed by atoms with Crippen molar-refractivity contribution in [1.29, 1.82) is 0 Å². The van der Waals surface area contributed by atoms with Crippen LogP contribution in [0.2, 0.25) is 5.15 Å². The van der Waals surface area contributed by atoms with Crippen molar-refractivity contribution in [3.8, 4) is 0 Å². The number of hydrogen-bond donors (Lipinski definition) is 2. The van der Waals surface area contributed by atoms with Crippen LogP contribution in [0.15, 0.2) is 12.3 Å². The zero-order valence-electron chi connectivity index (χ0n) is 10.9. The number of aromatic nitrogens is 1. The molecule has 0 bridgehead atoms. The smallest absolute Gasteiger partial charge is 0.306 e. The van der Waals surface area contributed by atoms with E-state index < -0.39 is 28.6 Å². The van der Waals surface area contributed by atoms with Crippen LogP contribution in [0, 0.1) is 10.1 Å². The van der Waals surface area contributed by atoms with Gasteiger partial charge in [0.25, 0.3) is 11.6 Å². The molecule has 0 aliphatic heterocycles. The van der Waals surface area contributed by atoms with Crippen LogP contribution in [0.1, 0.15) is 16.8 Å². The molecule has 0 radical (unpaired) electrons. The van der Waals surface area contributed by atoms with Gasteiger partial charge >= 0.3 is 5.97 Å². The third-order valence-corrected chi connectivity index (χ3v) is 2.72. The molecule has 0 aliphatic rings. The number of hydrogen-bond acceptors (Lipinski definition) is 6. The van der Waals surface area contributed by atoms with Crippen molar-refractivity contribution in [2.45, 2.75) is 12.5 Å². The predicted molar refractivity (Wildman–Crippen MR) is 71.3 cm³/mol. The lowest BCUT2D eigenvalue weighted by molar-refractivity contribution is -0.385. The summed E-state index contributed by atoms with van der Waals surface area (Å²) in [5.74, 6) is -1.85. The van der Waals surface area contributed by atoms with Crippen molar-refractivity contribution >= 4 is 29.2 Å². The molecule has 1 amide bonds. The number of methoxy groups -OCH3 is 1. The van der Waals surface area contributed by atoms with Gasteiger partial charge in [0.05, 0.1) is 17.4 Å². The Bertz CT molecular complexity index is 565. The van der Waals surface area contributed by atoms with Gasteiger partial charge in [-0.05, 0) is 6.07 Å². The zero-order chi connectivity index (χ0) is 16.0. The van der Waals surface area contributed by atoms with Crippen molar-refractivity contribution in [2.24, 2.45) is 0 Å². The summed E-state index contributed by atoms with van der Waals surface area (Å²) in [6, 6.07) is 1.06. The van der Waals surface area contributed by atoms with Crippen LogP contribution in [-0.2, 0) is 9.53 Å². The molecule has 21 heavy (non-hydrogen) atoms. The normalized spacial score (nSPS) is 11.7. The highest BCUT2D eigenvalue weighted by Crippen LogP contribution is 2.20. The van der Waals surface area contributed by atoms with Gasteiger partial charge in [0, 0.05) is 13.7 Å². The minimum Gasteiger partial charge on any atom is -0.481 e. The Morgan fingerprint density at radius 2 is 2.29 bits per heavy atom. The molecule has 1 atom stereocenters. The third kappa shape index (κ3) is 4.97. The van der Waals surface area contributed by atoms with Crippen LogP contribution in [0.25, 0.3) is 0 Å². The van der Waals surface area contributed by atoms with Crippen LogP contribution in [0.3, 0.4) is 0 Å². The minimum absolute atomic E-state index is 0.0698. The summed E-state index contributed by atoms with van der Waals surface area (Å²) in [7, 11) is 1.30. The Morgan fingerprint density at radius 3 is 2.81 bits per heavy atom. The summed E-state index contributed by atoms with van der Waals surface area (Å²) in [6.45, 7) is -0.112. The van der Waals surface area contributed by atoms with Crippen LogP contribution in [0.5, 0.6) is 0 Å². The van der Waals surface area contributed by atoms with Gasteiger partial charge in [-0.2, -0.15) is 0 Å². The number of carbonyl (C=O) groups is 2. The average molecular weight is 318 g/mol. The molecule has 0 saturated carbocycles. The van der Waals surface area contributed by atoms with Gasteiger partial charge in [0.2, 0.25) is 0 Å². The summed E-state index contributed by atoms with van der Waals surface area (Å²) in [4.78, 5) is 36.1. The van der Waals surface area contributed by atoms with Gasteiger partial charge in [-0.25, -0.2) is 4.98 Å². The van der Waals surface area contributed by atoms with E-state index in [0.29, 0.717) is 0 Å². The number of halogens is 1. The SMILES string of the molecule is COC(CNC(=O)c1cc(Cl)ncc1[N+](=O)[O-])CC(=O)O. The van der Waals surface area contributed by atoms with Gasteiger partial charge in [-0.1, -0.05) is 11.6 Å². The molecule has 1 rings (SSSR count). The molecule has 10 heteroatoms. The average Bonchev–Trinajstić information content (AvgIpc) is 2.42. The van der Waals surface area contributed by atoms with Gasteiger partial charge in [0.1, 0.15) is 16.9 Å². The third-order valence-electron chi connectivity index (χ3n) is 2.52. The standard InChI is InChI=1S/C11H12ClN3O6/c1-21-6(2-10(16)17)4-14-11(18)7-3-9(12)13-5-8(7)15(19)20/h3,5-6H,2,4H2,1H3,(H,14,18)(H,16,17). The highest BCUT2D eigenvalue weighted by molar-refractivity contribution is 6.29. The number of rotatable bonds is 7. The Labute approximate surface area is 124 Å². The molecule has 1 aromatic rings. The summed E-state index contributed by atoms with van der Waals surface area (Å²) >= 11 is 5.61. The predicted octanol–water partition coefficient (Wildman–Crippen LogP) is 0.863. The fourth-order valence-electron chi connectivity index (χ4n) is 1.49. The zero-order valence-corrected chi connectivity index (χ0v) is 11.7. The lowest BCUT2D eigenvalue weighted by atomic mass is 10.2. The second kappa shape index (κ2) is 7.50. The van der Waals surface area contributed by atoms with Crippen molar-refractivity contribution in [3.63, 3.8) is 0 Å². The van der Waals surface area contributed by atoms with E-state index in [1.165, 1.54) is 7.11 Å². The summed E-state index contributed by atoms with van der Waals surface area (Å²) < 4.78 is 4.88. The van der Waals surface area contributed by atoms with Gasteiger partial charge in [-0.15, -0.1) is 0 Å².